The number of hydrogen-bond donors (Lipinski definition) is 0. The van der Waals surface area contributed by atoms with Crippen molar-refractivity contribution in [3.63, 3.8) is 0 Å². The van der Waals surface area contributed by atoms with Gasteiger partial charge in [-0.25, -0.2) is 0 Å². The van der Waals surface area contributed by atoms with Crippen LogP contribution in [0.1, 0.15) is 51.3 Å². The Labute approximate surface area is 104 Å². The first-order valence-corrected chi connectivity index (χ1v) is 6.78. The van der Waals surface area contributed by atoms with E-state index < -0.39 is 0 Å². The molecule has 96 valence electrons. The van der Waals surface area contributed by atoms with Crippen LogP contribution in [-0.2, 0) is 6.42 Å². The molecule has 4 nitrogen and oxygen atoms in total. The van der Waals surface area contributed by atoms with Gasteiger partial charge in [-0.2, -0.15) is 0 Å². The predicted octanol–water partition coefficient (Wildman–Crippen LogP) is 2.19. The first kappa shape index (κ1) is 12.6. The minimum absolute atomic E-state index is 0.606. The Morgan fingerprint density at radius 3 is 2.41 bits per heavy atom. The molecule has 2 heterocycles. The van der Waals surface area contributed by atoms with E-state index in [1.807, 2.05) is 0 Å². The van der Waals surface area contributed by atoms with Crippen LogP contribution in [0.3, 0.4) is 0 Å². The van der Waals surface area contributed by atoms with Gasteiger partial charge in [-0.15, -0.1) is 10.2 Å². The molecule has 0 radical (unpaired) electrons. The van der Waals surface area contributed by atoms with Gasteiger partial charge >= 0.3 is 0 Å². The van der Waals surface area contributed by atoms with Gasteiger partial charge in [0.15, 0.2) is 0 Å². The van der Waals surface area contributed by atoms with Crippen LogP contribution in [0, 0.1) is 6.92 Å². The summed E-state index contributed by atoms with van der Waals surface area (Å²) in [5, 5.41) is 8.48. The molecule has 0 amide bonds. The Kier molecular flexibility index (Phi) is 3.82. The maximum absolute atomic E-state index is 4.26. The summed E-state index contributed by atoms with van der Waals surface area (Å²) in [4.78, 5) is 2.56. The second-order valence-corrected chi connectivity index (χ2v) is 5.25. The van der Waals surface area contributed by atoms with E-state index in [4.69, 9.17) is 0 Å². The van der Waals surface area contributed by atoms with Gasteiger partial charge in [0.1, 0.15) is 11.6 Å². The van der Waals surface area contributed by atoms with Crippen molar-refractivity contribution in [2.75, 3.05) is 13.1 Å². The van der Waals surface area contributed by atoms with E-state index in [0.717, 1.165) is 18.1 Å². The van der Waals surface area contributed by atoms with E-state index in [1.165, 1.54) is 25.9 Å². The lowest BCUT2D eigenvalue weighted by atomic mass is 10.0. The zero-order valence-corrected chi connectivity index (χ0v) is 11.5. The van der Waals surface area contributed by atoms with Crippen molar-refractivity contribution >= 4 is 0 Å². The van der Waals surface area contributed by atoms with Gasteiger partial charge < -0.3 is 9.47 Å². The van der Waals surface area contributed by atoms with Crippen LogP contribution in [0.5, 0.6) is 0 Å². The van der Waals surface area contributed by atoms with Gasteiger partial charge in [0.05, 0.1) is 0 Å². The third-order valence-electron chi connectivity index (χ3n) is 3.85. The lowest BCUT2D eigenvalue weighted by Crippen LogP contribution is -2.39. The number of rotatable bonds is 3. The molecule has 0 aliphatic carbocycles. The molecule has 17 heavy (non-hydrogen) atoms. The summed E-state index contributed by atoms with van der Waals surface area (Å²) in [7, 11) is 0. The fourth-order valence-electron chi connectivity index (χ4n) is 2.79. The topological polar surface area (TPSA) is 34.0 Å². The smallest absolute Gasteiger partial charge is 0.132 e. The van der Waals surface area contributed by atoms with Crippen molar-refractivity contribution in [3.8, 4) is 0 Å². The largest absolute Gasteiger partial charge is 0.312 e. The summed E-state index contributed by atoms with van der Waals surface area (Å²) in [5.41, 5.74) is 0. The van der Waals surface area contributed by atoms with Gasteiger partial charge in [0.25, 0.3) is 0 Å². The lowest BCUT2D eigenvalue weighted by Gasteiger charge is -2.35. The molecule has 1 aliphatic rings. The maximum Gasteiger partial charge on any atom is 0.132 e. The molecule has 0 N–H and O–H groups in total. The van der Waals surface area contributed by atoms with Crippen LogP contribution in [0.15, 0.2) is 0 Å². The highest BCUT2D eigenvalue weighted by molar-refractivity contribution is 4.98. The zero-order chi connectivity index (χ0) is 12.4. The Bertz CT molecular complexity index is 361. The molecule has 0 unspecified atom stereocenters. The predicted molar refractivity (Wildman–Crippen MR) is 69.1 cm³/mol. The standard InChI is InChI=1S/C13H24N4/c1-5-13-15-14-11(4)17(13)12-6-8-16(9-7-12)10(2)3/h10,12H,5-9H2,1-4H3. The molecular formula is C13H24N4. The van der Waals surface area contributed by atoms with E-state index in [9.17, 15) is 0 Å². The SMILES string of the molecule is CCc1nnc(C)n1C1CCN(C(C)C)CC1. The van der Waals surface area contributed by atoms with E-state index in [-0.39, 0.29) is 0 Å². The Hall–Kier alpha value is -0.900. The summed E-state index contributed by atoms with van der Waals surface area (Å²) in [5.74, 6) is 2.22. The van der Waals surface area contributed by atoms with Crippen LogP contribution in [0.4, 0.5) is 0 Å². The number of likely N-dealkylation sites (tertiary alicyclic amines) is 1. The van der Waals surface area contributed by atoms with Crippen LogP contribution in [-0.4, -0.2) is 38.8 Å². The van der Waals surface area contributed by atoms with Crippen molar-refractivity contribution in [1.82, 2.24) is 19.7 Å². The van der Waals surface area contributed by atoms with E-state index in [0.29, 0.717) is 12.1 Å². The quantitative estimate of drug-likeness (QED) is 0.807. The average molecular weight is 236 g/mol. The van der Waals surface area contributed by atoms with Crippen LogP contribution >= 0.6 is 0 Å². The molecule has 1 fully saturated rings. The van der Waals surface area contributed by atoms with E-state index >= 15 is 0 Å². The molecule has 0 bridgehead atoms. The molecule has 1 aromatic heterocycles. The van der Waals surface area contributed by atoms with Gasteiger partial charge in [0, 0.05) is 31.6 Å². The first-order valence-electron chi connectivity index (χ1n) is 6.78. The van der Waals surface area contributed by atoms with Crippen molar-refractivity contribution < 1.29 is 0 Å². The molecule has 0 saturated carbocycles. The number of hydrogen-bond acceptors (Lipinski definition) is 3. The Balaban J connectivity index is 2.07. The lowest BCUT2D eigenvalue weighted by molar-refractivity contribution is 0.150. The summed E-state index contributed by atoms with van der Waals surface area (Å²) in [6.45, 7) is 11.2. The molecule has 1 saturated heterocycles. The average Bonchev–Trinajstić information content (AvgIpc) is 2.70. The summed E-state index contributed by atoms with van der Waals surface area (Å²) >= 11 is 0. The monoisotopic (exact) mass is 236 g/mol. The van der Waals surface area contributed by atoms with Crippen LogP contribution in [0.2, 0.25) is 0 Å². The molecule has 0 spiro atoms. The molecule has 1 aromatic rings. The minimum atomic E-state index is 0.606. The molecular weight excluding hydrogens is 212 g/mol. The van der Waals surface area contributed by atoms with Gasteiger partial charge in [-0.3, -0.25) is 0 Å². The Morgan fingerprint density at radius 2 is 1.88 bits per heavy atom. The molecule has 0 aromatic carbocycles. The zero-order valence-electron chi connectivity index (χ0n) is 11.5. The minimum Gasteiger partial charge on any atom is -0.312 e. The number of nitrogens with zero attached hydrogens (tertiary/aromatic N) is 4. The second kappa shape index (κ2) is 5.17. The summed E-state index contributed by atoms with van der Waals surface area (Å²) in [6.07, 6.45) is 3.43. The van der Waals surface area contributed by atoms with Crippen molar-refractivity contribution in [3.05, 3.63) is 11.6 Å². The van der Waals surface area contributed by atoms with Crippen molar-refractivity contribution in [2.45, 2.75) is 59.0 Å². The molecule has 0 atom stereocenters. The maximum atomic E-state index is 4.26. The highest BCUT2D eigenvalue weighted by atomic mass is 15.3. The van der Waals surface area contributed by atoms with Gasteiger partial charge in [-0.1, -0.05) is 6.92 Å². The summed E-state index contributed by atoms with van der Waals surface area (Å²) in [6, 6.07) is 1.28. The second-order valence-electron chi connectivity index (χ2n) is 5.25. The van der Waals surface area contributed by atoms with Crippen LogP contribution in [0.25, 0.3) is 0 Å². The molecule has 4 heteroatoms. The van der Waals surface area contributed by atoms with E-state index in [1.54, 1.807) is 0 Å². The number of aryl methyl sites for hydroxylation is 2. The highest BCUT2D eigenvalue weighted by Gasteiger charge is 2.24. The fraction of sp³-hybridized carbons (Fsp3) is 0.846. The molecule has 1 aliphatic heterocycles. The molecule has 2 rings (SSSR count). The highest BCUT2D eigenvalue weighted by Crippen LogP contribution is 2.25. The Morgan fingerprint density at radius 1 is 1.24 bits per heavy atom. The third-order valence-corrected chi connectivity index (χ3v) is 3.85. The van der Waals surface area contributed by atoms with Gasteiger partial charge in [-0.05, 0) is 33.6 Å². The van der Waals surface area contributed by atoms with Crippen molar-refractivity contribution in [2.24, 2.45) is 0 Å². The van der Waals surface area contributed by atoms with E-state index in [2.05, 4.69) is 47.4 Å². The normalized spacial score (nSPS) is 19.1. The van der Waals surface area contributed by atoms with Gasteiger partial charge in [0.2, 0.25) is 0 Å². The number of aromatic nitrogens is 3. The van der Waals surface area contributed by atoms with Crippen molar-refractivity contribution in [1.29, 1.82) is 0 Å². The summed E-state index contributed by atoms with van der Waals surface area (Å²) < 4.78 is 2.36. The fourth-order valence-corrected chi connectivity index (χ4v) is 2.79. The number of piperidine rings is 1. The third kappa shape index (κ3) is 2.51. The van der Waals surface area contributed by atoms with Crippen LogP contribution < -0.4 is 0 Å². The first-order chi connectivity index (χ1) is 8.13.